The third kappa shape index (κ3) is 2.44. The molecule has 0 saturated heterocycles. The number of esters is 1. The summed E-state index contributed by atoms with van der Waals surface area (Å²) >= 11 is 0. The van der Waals surface area contributed by atoms with E-state index in [1.54, 1.807) is 18.3 Å². The topological polar surface area (TPSA) is 98.1 Å². The molecule has 1 N–H and O–H groups in total. The molecule has 0 unspecified atom stereocenters. The third-order valence-corrected chi connectivity index (χ3v) is 2.96. The van der Waals surface area contributed by atoms with Crippen molar-refractivity contribution in [2.75, 3.05) is 0 Å². The SMILES string of the molecule is O=C(Oc1ccc2cnc[nH]c1-2)c1ccc([N+](=O)[O-])cc1. The zero-order chi connectivity index (χ0) is 14.8. The highest BCUT2D eigenvalue weighted by Crippen LogP contribution is 2.31. The van der Waals surface area contributed by atoms with Crippen molar-refractivity contribution >= 4 is 11.7 Å². The molecule has 1 aliphatic carbocycles. The van der Waals surface area contributed by atoms with E-state index in [1.165, 1.54) is 30.6 Å². The second-order valence-electron chi connectivity index (χ2n) is 4.27. The molecule has 0 bridgehead atoms. The van der Waals surface area contributed by atoms with E-state index in [-0.39, 0.29) is 11.3 Å². The van der Waals surface area contributed by atoms with Crippen LogP contribution in [0, 0.1) is 10.1 Å². The van der Waals surface area contributed by atoms with Crippen LogP contribution in [0.2, 0.25) is 0 Å². The first-order valence-electron chi connectivity index (χ1n) is 6.03. The molecule has 0 atom stereocenters. The zero-order valence-corrected chi connectivity index (χ0v) is 10.6. The molecule has 2 aliphatic rings. The van der Waals surface area contributed by atoms with E-state index < -0.39 is 10.9 Å². The first-order valence-corrected chi connectivity index (χ1v) is 6.03. The Kier molecular flexibility index (Phi) is 3.07. The Bertz CT molecular complexity index is 779. The summed E-state index contributed by atoms with van der Waals surface area (Å²) in [5.74, 6) is -0.196. The summed E-state index contributed by atoms with van der Waals surface area (Å²) in [7, 11) is 0. The minimum Gasteiger partial charge on any atom is -0.421 e. The van der Waals surface area contributed by atoms with Crippen molar-refractivity contribution in [1.82, 2.24) is 9.97 Å². The number of fused-ring (bicyclic) bond motifs is 1. The standard InChI is InChI=1S/C14H9N3O4/c18-14(9-1-4-11(5-2-9)17(19)20)21-12-6-3-10-7-15-8-16-13(10)12/h1-8H,(H,15,16). The number of nitro groups is 1. The fraction of sp³-hybridized carbons (Fsp3) is 0. The van der Waals surface area contributed by atoms with Gasteiger partial charge in [0.15, 0.2) is 5.75 Å². The predicted octanol–water partition coefficient (Wildman–Crippen LogP) is 2.64. The molecule has 0 aromatic heterocycles. The van der Waals surface area contributed by atoms with Gasteiger partial charge in [-0.2, -0.15) is 0 Å². The van der Waals surface area contributed by atoms with Gasteiger partial charge in [-0.25, -0.2) is 9.78 Å². The van der Waals surface area contributed by atoms with Gasteiger partial charge in [-0.15, -0.1) is 0 Å². The number of nitrogens with zero attached hydrogens (tertiary/aromatic N) is 2. The van der Waals surface area contributed by atoms with Gasteiger partial charge in [0.1, 0.15) is 0 Å². The van der Waals surface area contributed by atoms with Crippen molar-refractivity contribution in [3.05, 3.63) is 64.6 Å². The highest BCUT2D eigenvalue weighted by Gasteiger charge is 2.16. The van der Waals surface area contributed by atoms with Crippen LogP contribution in [0.15, 0.2) is 48.9 Å². The number of aromatic amines is 1. The quantitative estimate of drug-likeness (QED) is 0.452. The van der Waals surface area contributed by atoms with Crippen molar-refractivity contribution in [2.45, 2.75) is 0 Å². The van der Waals surface area contributed by atoms with E-state index in [1.807, 2.05) is 0 Å². The summed E-state index contributed by atoms with van der Waals surface area (Å²) in [5, 5.41) is 10.6. The van der Waals surface area contributed by atoms with Gasteiger partial charge in [-0.1, -0.05) is 0 Å². The van der Waals surface area contributed by atoms with E-state index in [4.69, 9.17) is 4.74 Å². The fourth-order valence-corrected chi connectivity index (χ4v) is 1.92. The van der Waals surface area contributed by atoms with Crippen LogP contribution in [0.4, 0.5) is 5.69 Å². The average molecular weight is 283 g/mol. The molecule has 0 amide bonds. The van der Waals surface area contributed by atoms with E-state index in [2.05, 4.69) is 9.97 Å². The van der Waals surface area contributed by atoms with E-state index in [0.717, 1.165) is 5.56 Å². The molecular weight excluding hydrogens is 274 g/mol. The second-order valence-corrected chi connectivity index (χ2v) is 4.27. The number of hydrogen-bond acceptors (Lipinski definition) is 5. The molecule has 7 nitrogen and oxygen atoms in total. The second kappa shape index (κ2) is 5.04. The summed E-state index contributed by atoms with van der Waals surface area (Å²) in [4.78, 5) is 28.9. The number of non-ortho nitro benzene ring substituents is 1. The summed E-state index contributed by atoms with van der Waals surface area (Å²) in [6, 6.07) is 8.67. The summed E-state index contributed by atoms with van der Waals surface area (Å²) < 4.78 is 5.29. The monoisotopic (exact) mass is 283 g/mol. The summed E-state index contributed by atoms with van der Waals surface area (Å²) in [5.41, 5.74) is 1.65. The van der Waals surface area contributed by atoms with Crippen LogP contribution in [0.25, 0.3) is 11.3 Å². The van der Waals surface area contributed by atoms with Gasteiger partial charge >= 0.3 is 5.97 Å². The number of aromatic nitrogens is 2. The molecule has 104 valence electrons. The lowest BCUT2D eigenvalue weighted by molar-refractivity contribution is -0.384. The Balaban J connectivity index is 1.82. The van der Waals surface area contributed by atoms with E-state index in [0.29, 0.717) is 11.4 Å². The molecule has 0 fully saturated rings. The predicted molar refractivity (Wildman–Crippen MR) is 73.3 cm³/mol. The molecule has 3 rings (SSSR count). The highest BCUT2D eigenvalue weighted by atomic mass is 16.6. The molecular formula is C14H9N3O4. The molecule has 1 aromatic carbocycles. The lowest BCUT2D eigenvalue weighted by Gasteiger charge is -2.05. The number of hydrogen-bond donors (Lipinski definition) is 1. The number of carbonyl (C=O) groups is 1. The number of carbonyl (C=O) groups excluding carboxylic acids is 1. The maximum atomic E-state index is 12.0. The van der Waals surface area contributed by atoms with Crippen LogP contribution in [-0.4, -0.2) is 20.9 Å². The average Bonchev–Trinajstić information content (AvgIpc) is 2.91. The molecule has 0 radical (unpaired) electrons. The largest absolute Gasteiger partial charge is 0.421 e. The summed E-state index contributed by atoms with van der Waals surface area (Å²) in [6.45, 7) is 0. The first-order chi connectivity index (χ1) is 10.1. The van der Waals surface area contributed by atoms with Crippen LogP contribution >= 0.6 is 0 Å². The van der Waals surface area contributed by atoms with Gasteiger partial charge in [-0.3, -0.25) is 10.1 Å². The van der Waals surface area contributed by atoms with Crippen molar-refractivity contribution in [1.29, 1.82) is 0 Å². The number of ether oxygens (including phenoxy) is 1. The van der Waals surface area contributed by atoms with Crippen LogP contribution in [0.1, 0.15) is 10.4 Å². The number of benzene rings is 1. The van der Waals surface area contributed by atoms with Crippen LogP contribution < -0.4 is 4.74 Å². The van der Waals surface area contributed by atoms with Crippen molar-refractivity contribution in [3.8, 4) is 17.0 Å². The van der Waals surface area contributed by atoms with Crippen molar-refractivity contribution in [3.63, 3.8) is 0 Å². The third-order valence-electron chi connectivity index (χ3n) is 2.96. The molecule has 1 aliphatic heterocycles. The zero-order valence-electron chi connectivity index (χ0n) is 10.6. The molecule has 1 heterocycles. The van der Waals surface area contributed by atoms with Crippen LogP contribution in [0.3, 0.4) is 0 Å². The number of nitrogens with one attached hydrogen (secondary N) is 1. The number of nitro benzene ring substituents is 1. The van der Waals surface area contributed by atoms with Crippen molar-refractivity contribution in [2.24, 2.45) is 0 Å². The molecule has 7 heteroatoms. The molecule has 1 aromatic rings. The fourth-order valence-electron chi connectivity index (χ4n) is 1.92. The summed E-state index contributed by atoms with van der Waals surface area (Å²) in [6.07, 6.45) is 3.14. The van der Waals surface area contributed by atoms with Gasteiger partial charge in [-0.05, 0) is 24.3 Å². The normalized spacial score (nSPS) is 10.5. The Morgan fingerprint density at radius 1 is 1.19 bits per heavy atom. The minimum atomic E-state index is -0.581. The van der Waals surface area contributed by atoms with Gasteiger partial charge in [0.05, 0.1) is 22.5 Å². The van der Waals surface area contributed by atoms with Gasteiger partial charge < -0.3 is 9.72 Å². The smallest absolute Gasteiger partial charge is 0.343 e. The maximum Gasteiger partial charge on any atom is 0.343 e. The molecule has 21 heavy (non-hydrogen) atoms. The van der Waals surface area contributed by atoms with Gasteiger partial charge in [0.2, 0.25) is 0 Å². The first kappa shape index (κ1) is 12.8. The van der Waals surface area contributed by atoms with Gasteiger partial charge in [0.25, 0.3) is 5.69 Å². The molecule has 0 saturated carbocycles. The van der Waals surface area contributed by atoms with Crippen molar-refractivity contribution < 1.29 is 14.5 Å². The Labute approximate surface area is 118 Å². The van der Waals surface area contributed by atoms with Gasteiger partial charge in [0, 0.05) is 23.9 Å². The lowest BCUT2D eigenvalue weighted by Crippen LogP contribution is -2.08. The highest BCUT2D eigenvalue weighted by molar-refractivity contribution is 5.92. The van der Waals surface area contributed by atoms with Crippen LogP contribution in [-0.2, 0) is 0 Å². The number of H-pyrrole nitrogens is 1. The minimum absolute atomic E-state index is 0.0790. The Morgan fingerprint density at radius 3 is 2.67 bits per heavy atom. The number of rotatable bonds is 3. The Morgan fingerprint density at radius 2 is 1.95 bits per heavy atom. The molecule has 0 spiro atoms. The van der Waals surface area contributed by atoms with E-state index in [9.17, 15) is 14.9 Å². The van der Waals surface area contributed by atoms with Crippen LogP contribution in [0.5, 0.6) is 5.75 Å². The van der Waals surface area contributed by atoms with E-state index >= 15 is 0 Å². The maximum absolute atomic E-state index is 12.0. The Hall–Kier alpha value is -3.22. The lowest BCUT2D eigenvalue weighted by atomic mass is 10.2.